The average Bonchev–Trinajstić information content (AvgIpc) is 2.16. The molecule has 0 spiro atoms. The predicted molar refractivity (Wildman–Crippen MR) is 62.4 cm³/mol. The van der Waals surface area contributed by atoms with Crippen LogP contribution in [0.5, 0.6) is 0 Å². The molecule has 0 aliphatic rings. The summed E-state index contributed by atoms with van der Waals surface area (Å²) in [5.74, 6) is 0.705. The second-order valence-corrected chi connectivity index (χ2v) is 4.61. The van der Waals surface area contributed by atoms with Crippen molar-refractivity contribution in [3.63, 3.8) is 0 Å². The van der Waals surface area contributed by atoms with Crippen molar-refractivity contribution >= 4 is 0 Å². The standard InChI is InChI=1S/C12H27NO/c1-6-8-10(3)9-11(13)12(4,7-2)14-5/h10-11H,6-9,13H2,1-5H3. The van der Waals surface area contributed by atoms with Gasteiger partial charge in [-0.25, -0.2) is 0 Å². The average molecular weight is 201 g/mol. The number of rotatable bonds is 7. The van der Waals surface area contributed by atoms with E-state index in [0.29, 0.717) is 5.92 Å². The fraction of sp³-hybridized carbons (Fsp3) is 1.00. The molecule has 0 bridgehead atoms. The summed E-state index contributed by atoms with van der Waals surface area (Å²) in [6, 6.07) is 0.152. The molecule has 0 heterocycles. The molecular weight excluding hydrogens is 174 g/mol. The number of hydrogen-bond donors (Lipinski definition) is 1. The lowest BCUT2D eigenvalue weighted by Crippen LogP contribution is -2.47. The lowest BCUT2D eigenvalue weighted by atomic mass is 9.86. The molecule has 0 saturated heterocycles. The summed E-state index contributed by atoms with van der Waals surface area (Å²) in [7, 11) is 1.76. The zero-order valence-electron chi connectivity index (χ0n) is 10.5. The molecular formula is C12H27NO. The Morgan fingerprint density at radius 2 is 1.93 bits per heavy atom. The molecule has 0 radical (unpaired) electrons. The smallest absolute Gasteiger partial charge is 0.0798 e. The topological polar surface area (TPSA) is 35.2 Å². The van der Waals surface area contributed by atoms with Gasteiger partial charge in [-0.15, -0.1) is 0 Å². The van der Waals surface area contributed by atoms with Crippen LogP contribution in [0.3, 0.4) is 0 Å². The zero-order chi connectivity index (χ0) is 11.2. The van der Waals surface area contributed by atoms with Gasteiger partial charge < -0.3 is 10.5 Å². The van der Waals surface area contributed by atoms with Gasteiger partial charge in [-0.2, -0.15) is 0 Å². The van der Waals surface area contributed by atoms with Crippen LogP contribution in [0.1, 0.15) is 53.4 Å². The minimum atomic E-state index is -0.151. The minimum Gasteiger partial charge on any atom is -0.377 e. The molecule has 86 valence electrons. The van der Waals surface area contributed by atoms with Gasteiger partial charge in [0, 0.05) is 13.2 Å². The summed E-state index contributed by atoms with van der Waals surface area (Å²) in [5, 5.41) is 0. The molecule has 0 aromatic rings. The molecule has 2 nitrogen and oxygen atoms in total. The summed E-state index contributed by atoms with van der Waals surface area (Å²) in [6.07, 6.45) is 4.54. The highest BCUT2D eigenvalue weighted by atomic mass is 16.5. The summed E-state index contributed by atoms with van der Waals surface area (Å²) < 4.78 is 5.50. The normalized spacial score (nSPS) is 20.1. The van der Waals surface area contributed by atoms with Crippen molar-refractivity contribution < 1.29 is 4.74 Å². The predicted octanol–water partition coefficient (Wildman–Crippen LogP) is 2.96. The third-order valence-electron chi connectivity index (χ3n) is 3.39. The van der Waals surface area contributed by atoms with Crippen molar-refractivity contribution in [3.05, 3.63) is 0 Å². The van der Waals surface area contributed by atoms with Crippen molar-refractivity contribution in [1.29, 1.82) is 0 Å². The first-order chi connectivity index (χ1) is 6.50. The molecule has 0 aromatic carbocycles. The highest BCUT2D eigenvalue weighted by Gasteiger charge is 2.30. The Morgan fingerprint density at radius 1 is 1.36 bits per heavy atom. The third kappa shape index (κ3) is 3.97. The van der Waals surface area contributed by atoms with E-state index in [-0.39, 0.29) is 11.6 Å². The molecule has 0 rings (SSSR count). The maximum atomic E-state index is 6.18. The highest BCUT2D eigenvalue weighted by Crippen LogP contribution is 2.24. The molecule has 0 aromatic heterocycles. The molecule has 0 aliphatic heterocycles. The Labute approximate surface area is 89.2 Å². The van der Waals surface area contributed by atoms with Crippen molar-refractivity contribution in [2.75, 3.05) is 7.11 Å². The molecule has 14 heavy (non-hydrogen) atoms. The van der Waals surface area contributed by atoms with E-state index in [1.165, 1.54) is 12.8 Å². The lowest BCUT2D eigenvalue weighted by Gasteiger charge is -2.34. The Hall–Kier alpha value is -0.0800. The van der Waals surface area contributed by atoms with Crippen LogP contribution in [0.25, 0.3) is 0 Å². The molecule has 0 saturated carbocycles. The van der Waals surface area contributed by atoms with Gasteiger partial charge in [-0.1, -0.05) is 33.6 Å². The maximum Gasteiger partial charge on any atom is 0.0798 e. The van der Waals surface area contributed by atoms with Gasteiger partial charge >= 0.3 is 0 Å². The van der Waals surface area contributed by atoms with Crippen LogP contribution in [0.2, 0.25) is 0 Å². The fourth-order valence-electron chi connectivity index (χ4n) is 1.85. The van der Waals surface area contributed by atoms with Gasteiger partial charge in [0.25, 0.3) is 0 Å². The Morgan fingerprint density at radius 3 is 2.29 bits per heavy atom. The van der Waals surface area contributed by atoms with Gasteiger partial charge in [0.2, 0.25) is 0 Å². The van der Waals surface area contributed by atoms with E-state index < -0.39 is 0 Å². The molecule has 2 N–H and O–H groups in total. The van der Waals surface area contributed by atoms with E-state index in [2.05, 4.69) is 27.7 Å². The van der Waals surface area contributed by atoms with E-state index in [1.54, 1.807) is 7.11 Å². The molecule has 3 unspecified atom stereocenters. The van der Waals surface area contributed by atoms with Crippen LogP contribution >= 0.6 is 0 Å². The van der Waals surface area contributed by atoms with E-state index in [0.717, 1.165) is 12.8 Å². The van der Waals surface area contributed by atoms with Gasteiger partial charge in [-0.3, -0.25) is 0 Å². The molecule has 3 atom stereocenters. The Balaban J connectivity index is 4.10. The first-order valence-electron chi connectivity index (χ1n) is 5.80. The summed E-state index contributed by atoms with van der Waals surface area (Å²) >= 11 is 0. The van der Waals surface area contributed by atoms with Gasteiger partial charge in [-0.05, 0) is 25.7 Å². The number of hydrogen-bond acceptors (Lipinski definition) is 2. The Bertz CT molecular complexity index is 143. The van der Waals surface area contributed by atoms with Crippen molar-refractivity contribution in [3.8, 4) is 0 Å². The third-order valence-corrected chi connectivity index (χ3v) is 3.39. The maximum absolute atomic E-state index is 6.18. The van der Waals surface area contributed by atoms with Crippen LogP contribution in [-0.4, -0.2) is 18.8 Å². The van der Waals surface area contributed by atoms with E-state index in [9.17, 15) is 0 Å². The van der Waals surface area contributed by atoms with Gasteiger partial charge in [0.15, 0.2) is 0 Å². The van der Waals surface area contributed by atoms with Crippen LogP contribution in [0.15, 0.2) is 0 Å². The van der Waals surface area contributed by atoms with E-state index >= 15 is 0 Å². The van der Waals surface area contributed by atoms with Crippen LogP contribution in [0.4, 0.5) is 0 Å². The molecule has 0 fully saturated rings. The number of nitrogens with two attached hydrogens (primary N) is 1. The summed E-state index contributed by atoms with van der Waals surface area (Å²) in [5.41, 5.74) is 6.03. The van der Waals surface area contributed by atoms with Crippen molar-refractivity contribution in [1.82, 2.24) is 0 Å². The molecule has 2 heteroatoms. The monoisotopic (exact) mass is 201 g/mol. The molecule has 0 aliphatic carbocycles. The van der Waals surface area contributed by atoms with Crippen LogP contribution in [0, 0.1) is 5.92 Å². The molecule has 0 amide bonds. The second kappa shape index (κ2) is 6.41. The number of ether oxygens (including phenoxy) is 1. The minimum absolute atomic E-state index is 0.151. The summed E-state index contributed by atoms with van der Waals surface area (Å²) in [4.78, 5) is 0. The van der Waals surface area contributed by atoms with Crippen molar-refractivity contribution in [2.24, 2.45) is 11.7 Å². The number of methoxy groups -OCH3 is 1. The lowest BCUT2D eigenvalue weighted by molar-refractivity contribution is -0.0240. The van der Waals surface area contributed by atoms with Crippen LogP contribution < -0.4 is 5.73 Å². The van der Waals surface area contributed by atoms with E-state index in [4.69, 9.17) is 10.5 Å². The first-order valence-corrected chi connectivity index (χ1v) is 5.80. The van der Waals surface area contributed by atoms with Crippen LogP contribution in [-0.2, 0) is 4.74 Å². The SMILES string of the molecule is CCCC(C)CC(N)C(C)(CC)OC. The summed E-state index contributed by atoms with van der Waals surface area (Å²) in [6.45, 7) is 8.73. The van der Waals surface area contributed by atoms with E-state index in [1.807, 2.05) is 0 Å². The Kier molecular flexibility index (Phi) is 6.38. The fourth-order valence-corrected chi connectivity index (χ4v) is 1.85. The second-order valence-electron chi connectivity index (χ2n) is 4.61. The quantitative estimate of drug-likeness (QED) is 0.687. The zero-order valence-corrected chi connectivity index (χ0v) is 10.5. The largest absolute Gasteiger partial charge is 0.377 e. The first kappa shape index (κ1) is 13.9. The highest BCUT2D eigenvalue weighted by molar-refractivity contribution is 4.86. The van der Waals surface area contributed by atoms with Gasteiger partial charge in [0.05, 0.1) is 5.60 Å². The van der Waals surface area contributed by atoms with Gasteiger partial charge in [0.1, 0.15) is 0 Å². The van der Waals surface area contributed by atoms with Crippen molar-refractivity contribution in [2.45, 2.75) is 65.0 Å².